The lowest BCUT2D eigenvalue weighted by Gasteiger charge is -2.10. The monoisotopic (exact) mass is 463 g/mol. The first-order chi connectivity index (χ1) is 16.0. The van der Waals surface area contributed by atoms with Gasteiger partial charge in [-0.25, -0.2) is 4.98 Å². The van der Waals surface area contributed by atoms with Gasteiger partial charge in [0.15, 0.2) is 0 Å². The molecule has 0 atom stereocenters. The number of amides is 1. The molecule has 0 unspecified atom stereocenters. The Bertz CT molecular complexity index is 1310. The van der Waals surface area contributed by atoms with Crippen LogP contribution in [0.3, 0.4) is 0 Å². The largest absolute Gasteiger partial charge is 0.497 e. The van der Waals surface area contributed by atoms with Crippen molar-refractivity contribution >= 4 is 23.1 Å². The third-order valence-corrected chi connectivity index (χ3v) is 6.21. The summed E-state index contributed by atoms with van der Waals surface area (Å²) in [4.78, 5) is 33.5. The van der Waals surface area contributed by atoms with Crippen molar-refractivity contribution in [3.05, 3.63) is 75.0 Å². The molecule has 8 nitrogen and oxygen atoms in total. The van der Waals surface area contributed by atoms with Gasteiger partial charge in [-0.3, -0.25) is 14.6 Å². The minimum Gasteiger partial charge on any atom is -0.497 e. The molecule has 2 N–H and O–H groups in total. The molecule has 9 heteroatoms. The fourth-order valence-corrected chi connectivity index (χ4v) is 4.23. The number of nitrogens with one attached hydrogen (secondary N) is 2. The second kappa shape index (κ2) is 9.83. The Morgan fingerprint density at radius 3 is 2.67 bits per heavy atom. The number of aromatic nitrogens is 4. The Kier molecular flexibility index (Phi) is 6.69. The van der Waals surface area contributed by atoms with Gasteiger partial charge < -0.3 is 10.1 Å². The maximum atomic E-state index is 12.8. The highest BCUT2D eigenvalue weighted by molar-refractivity contribution is 7.13. The Morgan fingerprint density at radius 2 is 2.03 bits per heavy atom. The van der Waals surface area contributed by atoms with Gasteiger partial charge in [0.05, 0.1) is 12.0 Å². The lowest BCUT2D eigenvalue weighted by atomic mass is 10.1. The second-order valence-corrected chi connectivity index (χ2v) is 8.45. The molecule has 0 bridgehead atoms. The molecule has 0 saturated heterocycles. The molecule has 1 aromatic carbocycles. The molecule has 0 aliphatic heterocycles. The van der Waals surface area contributed by atoms with E-state index in [-0.39, 0.29) is 17.4 Å². The maximum Gasteiger partial charge on any atom is 0.255 e. The molecule has 0 aliphatic carbocycles. The number of carbonyl (C=O) groups excluding carboxylic acids is 1. The Balaban J connectivity index is 1.60. The number of thiophene rings is 1. The van der Waals surface area contributed by atoms with Crippen LogP contribution in [-0.4, -0.2) is 32.8 Å². The highest BCUT2D eigenvalue weighted by Gasteiger charge is 2.17. The summed E-state index contributed by atoms with van der Waals surface area (Å²) in [5.74, 6) is 1.33. The van der Waals surface area contributed by atoms with Crippen LogP contribution in [0.5, 0.6) is 5.75 Å². The fourth-order valence-electron chi connectivity index (χ4n) is 3.54. The Morgan fingerprint density at radius 1 is 1.24 bits per heavy atom. The quantitative estimate of drug-likeness (QED) is 0.409. The average molecular weight is 464 g/mol. The number of carbonyl (C=O) groups is 1. The van der Waals surface area contributed by atoms with E-state index in [2.05, 4.69) is 20.4 Å². The first kappa shape index (κ1) is 22.5. The highest BCUT2D eigenvalue weighted by Crippen LogP contribution is 2.27. The molecule has 33 heavy (non-hydrogen) atoms. The van der Waals surface area contributed by atoms with Crippen LogP contribution in [0.25, 0.3) is 16.5 Å². The molecular formula is C24H25N5O3S. The van der Waals surface area contributed by atoms with E-state index in [0.29, 0.717) is 42.0 Å². The Hall–Kier alpha value is -3.72. The molecule has 1 amide bonds. The summed E-state index contributed by atoms with van der Waals surface area (Å²) >= 11 is 1.54. The van der Waals surface area contributed by atoms with Crippen molar-refractivity contribution < 1.29 is 9.53 Å². The number of aryl methyl sites for hydroxylation is 2. The van der Waals surface area contributed by atoms with E-state index >= 15 is 0 Å². The standard InChI is InChI=1S/C24H25N5O3S/c1-4-18-15(2)25-24(27-23(18)31)29-21(14-19(28-29)20-6-5-13-33-20)26-22(30)12-9-16-7-10-17(32-3)11-8-16/h5-8,10-11,13-14H,4,9,12H2,1-3H3,(H,26,30)(H,25,27,31). The summed E-state index contributed by atoms with van der Waals surface area (Å²) in [7, 11) is 1.62. The zero-order valence-electron chi connectivity index (χ0n) is 18.7. The molecule has 0 spiro atoms. The van der Waals surface area contributed by atoms with E-state index in [1.165, 1.54) is 4.68 Å². The molecule has 170 valence electrons. The van der Waals surface area contributed by atoms with E-state index in [1.54, 1.807) is 31.4 Å². The van der Waals surface area contributed by atoms with Crippen molar-refractivity contribution in [1.29, 1.82) is 0 Å². The molecule has 4 aromatic rings. The van der Waals surface area contributed by atoms with Crippen molar-refractivity contribution in [2.75, 3.05) is 12.4 Å². The summed E-state index contributed by atoms with van der Waals surface area (Å²) in [5.41, 5.74) is 2.80. The number of H-pyrrole nitrogens is 1. The van der Waals surface area contributed by atoms with Crippen LogP contribution < -0.4 is 15.6 Å². The normalized spacial score (nSPS) is 10.9. The van der Waals surface area contributed by atoms with Crippen LogP contribution in [0.2, 0.25) is 0 Å². The van der Waals surface area contributed by atoms with Crippen molar-refractivity contribution in [3.8, 4) is 22.3 Å². The maximum absolute atomic E-state index is 12.8. The molecular weight excluding hydrogens is 438 g/mol. The van der Waals surface area contributed by atoms with Gasteiger partial charge >= 0.3 is 0 Å². The Labute approximate surface area is 195 Å². The summed E-state index contributed by atoms with van der Waals surface area (Å²) < 4.78 is 6.65. The van der Waals surface area contributed by atoms with Crippen LogP contribution in [-0.2, 0) is 17.6 Å². The van der Waals surface area contributed by atoms with Crippen LogP contribution in [0.1, 0.15) is 30.2 Å². The summed E-state index contributed by atoms with van der Waals surface area (Å²) in [5, 5.41) is 9.51. The minimum absolute atomic E-state index is 0.158. The van der Waals surface area contributed by atoms with Gasteiger partial charge in [-0.2, -0.15) is 9.78 Å². The summed E-state index contributed by atoms with van der Waals surface area (Å²) in [6, 6.07) is 13.3. The number of ether oxygens (including phenoxy) is 1. The van der Waals surface area contributed by atoms with Crippen molar-refractivity contribution in [2.45, 2.75) is 33.1 Å². The summed E-state index contributed by atoms with van der Waals surface area (Å²) in [6.07, 6.45) is 1.47. The van der Waals surface area contributed by atoms with Gasteiger partial charge in [0, 0.05) is 23.7 Å². The molecule has 0 saturated carbocycles. The first-order valence-corrected chi connectivity index (χ1v) is 11.5. The SMILES string of the molecule is CCc1c(C)nc(-n2nc(-c3cccs3)cc2NC(=O)CCc2ccc(OC)cc2)[nH]c1=O. The predicted molar refractivity (Wildman–Crippen MR) is 129 cm³/mol. The lowest BCUT2D eigenvalue weighted by molar-refractivity contribution is -0.116. The van der Waals surface area contributed by atoms with E-state index < -0.39 is 0 Å². The van der Waals surface area contributed by atoms with E-state index in [4.69, 9.17) is 4.74 Å². The second-order valence-electron chi connectivity index (χ2n) is 7.51. The lowest BCUT2D eigenvalue weighted by Crippen LogP contribution is -2.22. The van der Waals surface area contributed by atoms with Gasteiger partial charge in [-0.1, -0.05) is 25.1 Å². The average Bonchev–Trinajstić information content (AvgIpc) is 3.48. The molecule has 0 fully saturated rings. The number of anilines is 1. The molecule has 3 heterocycles. The van der Waals surface area contributed by atoms with Gasteiger partial charge in [0.2, 0.25) is 11.9 Å². The number of benzene rings is 1. The summed E-state index contributed by atoms with van der Waals surface area (Å²) in [6.45, 7) is 3.71. The predicted octanol–water partition coefficient (Wildman–Crippen LogP) is 4.13. The molecule has 0 aliphatic rings. The van der Waals surface area contributed by atoms with Crippen molar-refractivity contribution in [1.82, 2.24) is 19.7 Å². The van der Waals surface area contributed by atoms with E-state index in [1.807, 2.05) is 48.7 Å². The van der Waals surface area contributed by atoms with Gasteiger partial charge in [-0.05, 0) is 48.9 Å². The number of methoxy groups -OCH3 is 1. The van der Waals surface area contributed by atoms with Crippen LogP contribution in [0.4, 0.5) is 5.82 Å². The van der Waals surface area contributed by atoms with Crippen LogP contribution in [0, 0.1) is 6.92 Å². The number of nitrogens with zero attached hydrogens (tertiary/aromatic N) is 3. The first-order valence-electron chi connectivity index (χ1n) is 10.7. The van der Waals surface area contributed by atoms with Crippen LogP contribution >= 0.6 is 11.3 Å². The number of aromatic amines is 1. The van der Waals surface area contributed by atoms with Crippen molar-refractivity contribution in [2.24, 2.45) is 0 Å². The number of rotatable bonds is 8. The zero-order valence-corrected chi connectivity index (χ0v) is 19.5. The van der Waals surface area contributed by atoms with Gasteiger partial charge in [0.1, 0.15) is 17.3 Å². The molecule has 0 radical (unpaired) electrons. The smallest absolute Gasteiger partial charge is 0.255 e. The highest BCUT2D eigenvalue weighted by atomic mass is 32.1. The third kappa shape index (κ3) is 5.04. The fraction of sp³-hybridized carbons (Fsp3) is 0.250. The topological polar surface area (TPSA) is 102 Å². The minimum atomic E-state index is -0.204. The van der Waals surface area contributed by atoms with Gasteiger partial charge in [0.25, 0.3) is 5.56 Å². The van der Waals surface area contributed by atoms with Gasteiger partial charge in [-0.15, -0.1) is 11.3 Å². The van der Waals surface area contributed by atoms with Crippen LogP contribution in [0.15, 0.2) is 52.6 Å². The number of hydrogen-bond donors (Lipinski definition) is 2. The zero-order chi connectivity index (χ0) is 23.4. The number of hydrogen-bond acceptors (Lipinski definition) is 6. The van der Waals surface area contributed by atoms with E-state index in [0.717, 1.165) is 16.2 Å². The van der Waals surface area contributed by atoms with E-state index in [9.17, 15) is 9.59 Å². The molecule has 4 rings (SSSR count). The third-order valence-electron chi connectivity index (χ3n) is 5.31. The van der Waals surface area contributed by atoms with Crippen molar-refractivity contribution in [3.63, 3.8) is 0 Å². The molecule has 3 aromatic heterocycles.